The number of rotatable bonds is 4. The third-order valence-electron chi connectivity index (χ3n) is 4.55. The van der Waals surface area contributed by atoms with Crippen molar-refractivity contribution >= 4 is 28.4 Å². The molecule has 0 aromatic carbocycles. The van der Waals surface area contributed by atoms with Gasteiger partial charge in [-0.1, -0.05) is 16.5 Å². The van der Waals surface area contributed by atoms with Crippen LogP contribution in [-0.4, -0.2) is 51.3 Å². The standard InChI is InChI=1S/C16H20N6O3S/c1-9-8-12(25-21-9)13(23)17-11-4-6-22(7-5-11)16(24)18-15-20-19-14(26-15)10-2-3-10/h8,10-11H,2-7H2,1H3,(H,17,23)(H,18,20,24). The normalized spacial score (nSPS) is 18.0. The van der Waals surface area contributed by atoms with Crippen molar-refractivity contribution in [2.45, 2.75) is 44.6 Å². The Hall–Kier alpha value is -2.49. The number of nitrogens with zero attached hydrogens (tertiary/aromatic N) is 4. The topological polar surface area (TPSA) is 113 Å². The van der Waals surface area contributed by atoms with Gasteiger partial charge in [0.05, 0.1) is 5.69 Å². The Bertz CT molecular complexity index is 807. The molecule has 1 aliphatic carbocycles. The molecule has 1 saturated heterocycles. The van der Waals surface area contributed by atoms with Gasteiger partial charge in [0.1, 0.15) is 5.01 Å². The zero-order valence-electron chi connectivity index (χ0n) is 14.4. The summed E-state index contributed by atoms with van der Waals surface area (Å²) < 4.78 is 4.97. The maximum atomic E-state index is 12.4. The average molecular weight is 376 g/mol. The highest BCUT2D eigenvalue weighted by molar-refractivity contribution is 7.15. The largest absolute Gasteiger partial charge is 0.351 e. The monoisotopic (exact) mass is 376 g/mol. The van der Waals surface area contributed by atoms with Gasteiger partial charge in [0, 0.05) is 31.1 Å². The number of amides is 3. The van der Waals surface area contributed by atoms with Crippen LogP contribution in [0, 0.1) is 6.92 Å². The molecule has 0 spiro atoms. The summed E-state index contributed by atoms with van der Waals surface area (Å²) in [6.45, 7) is 2.91. The number of hydrogen-bond acceptors (Lipinski definition) is 7. The molecule has 9 nitrogen and oxygen atoms in total. The Morgan fingerprint density at radius 3 is 2.65 bits per heavy atom. The summed E-state index contributed by atoms with van der Waals surface area (Å²) in [5.74, 6) is 0.478. The Morgan fingerprint density at radius 2 is 2.00 bits per heavy atom. The molecule has 3 heterocycles. The fraction of sp³-hybridized carbons (Fsp3) is 0.562. The van der Waals surface area contributed by atoms with Crippen LogP contribution in [0.5, 0.6) is 0 Å². The molecule has 0 atom stereocenters. The minimum absolute atomic E-state index is 0.0138. The lowest BCUT2D eigenvalue weighted by Crippen LogP contribution is -2.47. The minimum Gasteiger partial charge on any atom is -0.351 e. The number of carbonyl (C=O) groups excluding carboxylic acids is 2. The molecule has 2 aromatic heterocycles. The second kappa shape index (κ2) is 7.02. The highest BCUT2D eigenvalue weighted by Crippen LogP contribution is 2.42. The summed E-state index contributed by atoms with van der Waals surface area (Å²) in [6.07, 6.45) is 3.70. The number of aromatic nitrogens is 3. The Labute approximate surface area is 154 Å². The van der Waals surface area contributed by atoms with Crippen LogP contribution in [0.4, 0.5) is 9.93 Å². The smallest absolute Gasteiger partial charge is 0.323 e. The Morgan fingerprint density at radius 1 is 1.23 bits per heavy atom. The van der Waals surface area contributed by atoms with Gasteiger partial charge >= 0.3 is 6.03 Å². The van der Waals surface area contributed by atoms with Crippen molar-refractivity contribution in [1.82, 2.24) is 25.6 Å². The van der Waals surface area contributed by atoms with E-state index in [0.717, 1.165) is 17.8 Å². The lowest BCUT2D eigenvalue weighted by Gasteiger charge is -2.31. The molecular weight excluding hydrogens is 356 g/mol. The van der Waals surface area contributed by atoms with E-state index >= 15 is 0 Å². The summed E-state index contributed by atoms with van der Waals surface area (Å²) in [6, 6.07) is 1.45. The van der Waals surface area contributed by atoms with Gasteiger partial charge in [0.25, 0.3) is 5.91 Å². The van der Waals surface area contributed by atoms with Gasteiger partial charge in [0.15, 0.2) is 0 Å². The third kappa shape index (κ3) is 3.85. The third-order valence-corrected chi connectivity index (χ3v) is 5.55. The molecule has 2 N–H and O–H groups in total. The fourth-order valence-electron chi connectivity index (χ4n) is 2.90. The molecule has 0 bridgehead atoms. The SMILES string of the molecule is Cc1cc(C(=O)NC2CCN(C(=O)Nc3nnc(C4CC4)s3)CC2)on1. The summed E-state index contributed by atoms with van der Waals surface area (Å²) in [5, 5.41) is 19.2. The molecule has 2 aromatic rings. The van der Waals surface area contributed by atoms with Crippen LogP contribution < -0.4 is 10.6 Å². The predicted octanol–water partition coefficient (Wildman–Crippen LogP) is 2.14. The van der Waals surface area contributed by atoms with Crippen molar-refractivity contribution in [2.24, 2.45) is 0 Å². The van der Waals surface area contributed by atoms with E-state index in [-0.39, 0.29) is 23.7 Å². The zero-order valence-corrected chi connectivity index (χ0v) is 15.2. The quantitative estimate of drug-likeness (QED) is 0.845. The van der Waals surface area contributed by atoms with E-state index in [1.165, 1.54) is 11.3 Å². The van der Waals surface area contributed by atoms with Crippen molar-refractivity contribution in [3.63, 3.8) is 0 Å². The first kappa shape index (κ1) is 17.0. The van der Waals surface area contributed by atoms with E-state index in [1.54, 1.807) is 17.9 Å². The van der Waals surface area contributed by atoms with E-state index in [1.807, 2.05) is 0 Å². The van der Waals surface area contributed by atoms with Crippen LogP contribution in [0.2, 0.25) is 0 Å². The molecule has 26 heavy (non-hydrogen) atoms. The molecule has 4 rings (SSSR count). The Kier molecular flexibility index (Phi) is 4.58. The maximum Gasteiger partial charge on any atom is 0.323 e. The van der Waals surface area contributed by atoms with E-state index in [0.29, 0.717) is 42.7 Å². The number of piperidine rings is 1. The highest BCUT2D eigenvalue weighted by Gasteiger charge is 2.29. The number of nitrogens with one attached hydrogen (secondary N) is 2. The lowest BCUT2D eigenvalue weighted by atomic mass is 10.1. The second-order valence-electron chi connectivity index (χ2n) is 6.72. The van der Waals surface area contributed by atoms with Gasteiger partial charge < -0.3 is 14.7 Å². The van der Waals surface area contributed by atoms with E-state index in [2.05, 4.69) is 26.0 Å². The van der Waals surface area contributed by atoms with Crippen molar-refractivity contribution in [3.05, 3.63) is 22.5 Å². The molecule has 3 amide bonds. The predicted molar refractivity (Wildman–Crippen MR) is 94.2 cm³/mol. The molecule has 2 fully saturated rings. The first-order valence-corrected chi connectivity index (χ1v) is 9.53. The highest BCUT2D eigenvalue weighted by atomic mass is 32.1. The molecule has 10 heteroatoms. The van der Waals surface area contributed by atoms with Crippen molar-refractivity contribution in [2.75, 3.05) is 18.4 Å². The molecule has 2 aliphatic rings. The van der Waals surface area contributed by atoms with Crippen molar-refractivity contribution < 1.29 is 14.1 Å². The van der Waals surface area contributed by atoms with Crippen molar-refractivity contribution in [3.8, 4) is 0 Å². The number of hydrogen-bond donors (Lipinski definition) is 2. The van der Waals surface area contributed by atoms with Crippen LogP contribution >= 0.6 is 11.3 Å². The van der Waals surface area contributed by atoms with Crippen molar-refractivity contribution in [1.29, 1.82) is 0 Å². The summed E-state index contributed by atoms with van der Waals surface area (Å²) in [7, 11) is 0. The van der Waals surface area contributed by atoms with Gasteiger partial charge in [-0.2, -0.15) is 0 Å². The van der Waals surface area contributed by atoms with Crippen LogP contribution in [0.25, 0.3) is 0 Å². The zero-order chi connectivity index (χ0) is 18.1. The lowest BCUT2D eigenvalue weighted by molar-refractivity contribution is 0.0882. The fourth-order valence-corrected chi connectivity index (χ4v) is 3.81. The molecule has 138 valence electrons. The number of carbonyl (C=O) groups is 2. The maximum absolute atomic E-state index is 12.4. The van der Waals surface area contributed by atoms with Crippen LogP contribution in [0.3, 0.4) is 0 Å². The first-order valence-electron chi connectivity index (χ1n) is 8.72. The molecule has 1 aliphatic heterocycles. The number of aryl methyl sites for hydroxylation is 1. The van der Waals surface area contributed by atoms with Crippen LogP contribution in [0.1, 0.15) is 52.9 Å². The van der Waals surface area contributed by atoms with E-state index in [9.17, 15) is 9.59 Å². The molecule has 0 radical (unpaired) electrons. The van der Waals surface area contributed by atoms with E-state index < -0.39 is 0 Å². The summed E-state index contributed by atoms with van der Waals surface area (Å²) in [5.41, 5.74) is 0.670. The Balaban J connectivity index is 1.24. The average Bonchev–Trinajstić information content (AvgIpc) is 3.22. The van der Waals surface area contributed by atoms with Gasteiger partial charge in [-0.3, -0.25) is 10.1 Å². The van der Waals surface area contributed by atoms with Gasteiger partial charge in [-0.15, -0.1) is 10.2 Å². The number of likely N-dealkylation sites (tertiary alicyclic amines) is 1. The molecular formula is C16H20N6O3S. The number of urea groups is 1. The van der Waals surface area contributed by atoms with E-state index in [4.69, 9.17) is 4.52 Å². The van der Waals surface area contributed by atoms with Crippen LogP contribution in [-0.2, 0) is 0 Å². The summed E-state index contributed by atoms with van der Waals surface area (Å²) in [4.78, 5) is 26.2. The first-order chi connectivity index (χ1) is 12.6. The van der Waals surface area contributed by atoms with Gasteiger partial charge in [-0.05, 0) is 32.6 Å². The van der Waals surface area contributed by atoms with Crippen LogP contribution in [0.15, 0.2) is 10.6 Å². The molecule has 0 unspecified atom stereocenters. The minimum atomic E-state index is -0.269. The second-order valence-corrected chi connectivity index (χ2v) is 7.73. The van der Waals surface area contributed by atoms with Gasteiger partial charge in [0.2, 0.25) is 10.9 Å². The van der Waals surface area contributed by atoms with Gasteiger partial charge in [-0.25, -0.2) is 4.79 Å². The number of anilines is 1. The molecule has 1 saturated carbocycles. The summed E-state index contributed by atoms with van der Waals surface area (Å²) >= 11 is 1.45.